The van der Waals surface area contributed by atoms with Gasteiger partial charge in [0.25, 0.3) is 0 Å². The Hall–Kier alpha value is -2.45. The molecule has 2 heteroatoms. The van der Waals surface area contributed by atoms with E-state index in [1.165, 1.54) is 0 Å². The van der Waals surface area contributed by atoms with Crippen molar-refractivity contribution >= 4 is 0 Å². The molecule has 0 aliphatic heterocycles. The lowest BCUT2D eigenvalue weighted by Crippen LogP contribution is -2.34. The fraction of sp³-hybridized carbons (Fsp3) is 0.190. The van der Waals surface area contributed by atoms with Gasteiger partial charge in [-0.25, -0.2) is 0 Å². The van der Waals surface area contributed by atoms with Crippen LogP contribution in [0, 0.1) is 0 Å². The van der Waals surface area contributed by atoms with Crippen molar-refractivity contribution in [3.63, 3.8) is 0 Å². The van der Waals surface area contributed by atoms with Crippen LogP contribution in [0.15, 0.2) is 85.1 Å². The second kappa shape index (κ2) is 6.76. The van der Waals surface area contributed by atoms with E-state index in [4.69, 9.17) is 0 Å². The summed E-state index contributed by atoms with van der Waals surface area (Å²) in [5.74, 6) is -0.211. The zero-order chi connectivity index (χ0) is 16.1. The van der Waals surface area contributed by atoms with Crippen molar-refractivity contribution in [1.82, 2.24) is 4.98 Å². The van der Waals surface area contributed by atoms with Gasteiger partial charge in [0.1, 0.15) is 5.60 Å². The second-order valence-corrected chi connectivity index (χ2v) is 5.74. The van der Waals surface area contributed by atoms with E-state index in [0.29, 0.717) is 6.42 Å². The van der Waals surface area contributed by atoms with Crippen molar-refractivity contribution in [3.8, 4) is 0 Å². The van der Waals surface area contributed by atoms with Gasteiger partial charge in [-0.15, -0.1) is 0 Å². The summed E-state index contributed by atoms with van der Waals surface area (Å²) in [7, 11) is 0. The van der Waals surface area contributed by atoms with Gasteiger partial charge in [-0.3, -0.25) is 4.98 Å². The van der Waals surface area contributed by atoms with Gasteiger partial charge in [-0.1, -0.05) is 73.7 Å². The monoisotopic (exact) mass is 303 g/mol. The molecule has 0 saturated carbocycles. The maximum absolute atomic E-state index is 11.6. The van der Waals surface area contributed by atoms with Gasteiger partial charge in [-0.05, 0) is 29.7 Å². The standard InChI is InChI=1S/C21H21NO/c1-2-21(23,18-13-7-4-8-14-18)20(17-11-5-3-6-12-17)19-15-9-10-16-22-19/h3-16,20,23H,2H2,1H3/t20-,21-/m0/s1. The Morgan fingerprint density at radius 3 is 2.04 bits per heavy atom. The van der Waals surface area contributed by atoms with Gasteiger partial charge in [0.2, 0.25) is 0 Å². The van der Waals surface area contributed by atoms with Crippen molar-refractivity contribution in [3.05, 3.63) is 102 Å². The molecule has 0 unspecified atom stereocenters. The lowest BCUT2D eigenvalue weighted by atomic mass is 9.74. The first kappa shape index (κ1) is 15.4. The van der Waals surface area contributed by atoms with E-state index in [1.807, 2.05) is 73.7 Å². The maximum atomic E-state index is 11.6. The molecule has 0 radical (unpaired) electrons. The fourth-order valence-electron chi connectivity index (χ4n) is 3.19. The van der Waals surface area contributed by atoms with E-state index in [-0.39, 0.29) is 5.92 Å². The molecule has 0 spiro atoms. The molecular weight excluding hydrogens is 282 g/mol. The number of aliphatic hydroxyl groups is 1. The van der Waals surface area contributed by atoms with Crippen LogP contribution in [-0.2, 0) is 5.60 Å². The predicted octanol–water partition coefficient (Wildman–Crippen LogP) is 4.51. The Morgan fingerprint density at radius 2 is 1.48 bits per heavy atom. The molecule has 2 aromatic carbocycles. The first-order valence-electron chi connectivity index (χ1n) is 7.99. The first-order chi connectivity index (χ1) is 11.3. The molecule has 1 aromatic heterocycles. The molecule has 3 aromatic rings. The normalized spacial score (nSPS) is 14.9. The lowest BCUT2D eigenvalue weighted by Gasteiger charge is -2.36. The molecule has 0 bridgehead atoms. The summed E-state index contributed by atoms with van der Waals surface area (Å²) >= 11 is 0. The third kappa shape index (κ3) is 3.03. The smallest absolute Gasteiger partial charge is 0.102 e. The van der Waals surface area contributed by atoms with Gasteiger partial charge < -0.3 is 5.11 Å². The molecule has 1 heterocycles. The maximum Gasteiger partial charge on any atom is 0.102 e. The Morgan fingerprint density at radius 1 is 0.870 bits per heavy atom. The van der Waals surface area contributed by atoms with E-state index in [2.05, 4.69) is 17.1 Å². The Labute approximate surface area is 137 Å². The van der Waals surface area contributed by atoms with Crippen LogP contribution >= 0.6 is 0 Å². The number of aromatic nitrogens is 1. The third-order valence-electron chi connectivity index (χ3n) is 4.41. The van der Waals surface area contributed by atoms with Crippen LogP contribution in [0.25, 0.3) is 0 Å². The highest BCUT2D eigenvalue weighted by Gasteiger charge is 2.39. The summed E-state index contributed by atoms with van der Waals surface area (Å²) in [6.45, 7) is 2.02. The number of nitrogens with zero attached hydrogens (tertiary/aromatic N) is 1. The van der Waals surface area contributed by atoms with E-state index < -0.39 is 5.60 Å². The molecular formula is C21H21NO. The zero-order valence-corrected chi connectivity index (χ0v) is 13.3. The van der Waals surface area contributed by atoms with Gasteiger partial charge in [-0.2, -0.15) is 0 Å². The average molecular weight is 303 g/mol. The van der Waals surface area contributed by atoms with Gasteiger partial charge in [0, 0.05) is 6.20 Å². The summed E-state index contributed by atoms with van der Waals surface area (Å²) in [5, 5.41) is 11.6. The summed E-state index contributed by atoms with van der Waals surface area (Å²) in [6.07, 6.45) is 2.39. The third-order valence-corrected chi connectivity index (χ3v) is 4.41. The predicted molar refractivity (Wildman–Crippen MR) is 93.2 cm³/mol. The molecule has 0 aliphatic rings. The van der Waals surface area contributed by atoms with Crippen LogP contribution in [0.3, 0.4) is 0 Å². The minimum absolute atomic E-state index is 0.211. The molecule has 116 valence electrons. The van der Waals surface area contributed by atoms with Crippen LogP contribution < -0.4 is 0 Å². The molecule has 0 saturated heterocycles. The van der Waals surface area contributed by atoms with Crippen LogP contribution in [0.2, 0.25) is 0 Å². The molecule has 1 N–H and O–H groups in total. The molecule has 23 heavy (non-hydrogen) atoms. The minimum atomic E-state index is -1.00. The van der Waals surface area contributed by atoms with Crippen molar-refractivity contribution in [2.45, 2.75) is 24.9 Å². The largest absolute Gasteiger partial charge is 0.384 e. The van der Waals surface area contributed by atoms with Gasteiger partial charge >= 0.3 is 0 Å². The zero-order valence-electron chi connectivity index (χ0n) is 13.3. The summed E-state index contributed by atoms with van der Waals surface area (Å²) in [4.78, 5) is 4.54. The highest BCUT2D eigenvalue weighted by Crippen LogP contribution is 2.43. The Balaban J connectivity index is 2.18. The van der Waals surface area contributed by atoms with Crippen molar-refractivity contribution < 1.29 is 5.11 Å². The van der Waals surface area contributed by atoms with Crippen LogP contribution in [-0.4, -0.2) is 10.1 Å². The van der Waals surface area contributed by atoms with Gasteiger partial charge in [0.15, 0.2) is 0 Å². The number of hydrogen-bond donors (Lipinski definition) is 1. The highest BCUT2D eigenvalue weighted by atomic mass is 16.3. The van der Waals surface area contributed by atoms with Gasteiger partial charge in [0.05, 0.1) is 11.6 Å². The number of benzene rings is 2. The van der Waals surface area contributed by atoms with Crippen LogP contribution in [0.4, 0.5) is 0 Å². The summed E-state index contributed by atoms with van der Waals surface area (Å²) < 4.78 is 0. The quantitative estimate of drug-likeness (QED) is 0.752. The first-order valence-corrected chi connectivity index (χ1v) is 7.99. The Kier molecular flexibility index (Phi) is 4.54. The van der Waals surface area contributed by atoms with E-state index in [0.717, 1.165) is 16.8 Å². The number of hydrogen-bond acceptors (Lipinski definition) is 2. The van der Waals surface area contributed by atoms with E-state index >= 15 is 0 Å². The minimum Gasteiger partial charge on any atom is -0.384 e. The topological polar surface area (TPSA) is 33.1 Å². The second-order valence-electron chi connectivity index (χ2n) is 5.74. The van der Waals surface area contributed by atoms with Crippen LogP contribution in [0.5, 0.6) is 0 Å². The Bertz CT molecular complexity index is 688. The SMILES string of the molecule is CC[C@](O)(c1ccccc1)[C@@H](c1ccccc1)c1ccccn1. The summed E-state index contributed by atoms with van der Waals surface area (Å²) in [5.41, 5.74) is 1.87. The summed E-state index contributed by atoms with van der Waals surface area (Å²) in [6, 6.07) is 25.9. The van der Waals surface area contributed by atoms with E-state index in [1.54, 1.807) is 6.20 Å². The molecule has 2 nitrogen and oxygen atoms in total. The highest BCUT2D eigenvalue weighted by molar-refractivity contribution is 5.37. The fourth-order valence-corrected chi connectivity index (χ4v) is 3.19. The average Bonchev–Trinajstić information content (AvgIpc) is 2.64. The number of rotatable bonds is 5. The molecule has 0 fully saturated rings. The van der Waals surface area contributed by atoms with E-state index in [9.17, 15) is 5.11 Å². The number of pyridine rings is 1. The molecule has 0 amide bonds. The van der Waals surface area contributed by atoms with Crippen molar-refractivity contribution in [1.29, 1.82) is 0 Å². The molecule has 3 rings (SSSR count). The lowest BCUT2D eigenvalue weighted by molar-refractivity contribution is 0.0139. The molecule has 2 atom stereocenters. The van der Waals surface area contributed by atoms with Crippen LogP contribution in [0.1, 0.15) is 36.1 Å². The van der Waals surface area contributed by atoms with Crippen molar-refractivity contribution in [2.75, 3.05) is 0 Å². The van der Waals surface area contributed by atoms with Crippen molar-refractivity contribution in [2.24, 2.45) is 0 Å². The molecule has 0 aliphatic carbocycles.